The number of allylic oxidation sites excluding steroid dienone is 2. The van der Waals surface area contributed by atoms with Crippen molar-refractivity contribution in [2.75, 3.05) is 7.05 Å². The molecule has 0 aliphatic rings. The highest BCUT2D eigenvalue weighted by molar-refractivity contribution is 6.47. The van der Waals surface area contributed by atoms with E-state index in [1.807, 2.05) is 51.1 Å². The molecule has 0 spiro atoms. The minimum Gasteiger partial charge on any atom is -0.487 e. The standard InChI is InChI=1S/C28H25ClF2N4O2/c1-5-22(29)26(32-4)20-11-17(3)34-27-19(20)7-6-8-25(27)37-15-21-16(2)9-10-33-24(21)14-35-13-18(30)12-23(31)28(35)36/h5-13H,14-15H2,1-4H3/b22-5+,32-26-. The van der Waals surface area contributed by atoms with Crippen LogP contribution in [0.15, 0.2) is 69.7 Å². The number of halogens is 3. The zero-order valence-electron chi connectivity index (χ0n) is 20.8. The Morgan fingerprint density at radius 2 is 2.00 bits per heavy atom. The van der Waals surface area contributed by atoms with E-state index in [1.165, 1.54) is 0 Å². The molecule has 9 heteroatoms. The molecule has 190 valence electrons. The third-order valence-electron chi connectivity index (χ3n) is 5.97. The minimum absolute atomic E-state index is 0.107. The highest BCUT2D eigenvalue weighted by Gasteiger charge is 2.17. The fourth-order valence-electron chi connectivity index (χ4n) is 4.13. The van der Waals surface area contributed by atoms with Crippen molar-refractivity contribution < 1.29 is 13.5 Å². The number of aromatic nitrogens is 3. The second kappa shape index (κ2) is 11.0. The van der Waals surface area contributed by atoms with Crippen LogP contribution in [0.3, 0.4) is 0 Å². The van der Waals surface area contributed by atoms with Crippen molar-refractivity contribution in [3.63, 3.8) is 0 Å². The second-order valence-corrected chi connectivity index (χ2v) is 8.86. The average molecular weight is 523 g/mol. The summed E-state index contributed by atoms with van der Waals surface area (Å²) < 4.78 is 34.8. The number of para-hydroxylation sites is 1. The van der Waals surface area contributed by atoms with Crippen molar-refractivity contribution >= 4 is 28.2 Å². The van der Waals surface area contributed by atoms with E-state index in [9.17, 15) is 13.6 Å². The maximum Gasteiger partial charge on any atom is 0.287 e. The highest BCUT2D eigenvalue weighted by atomic mass is 35.5. The molecule has 0 aliphatic carbocycles. The molecule has 0 saturated carbocycles. The van der Waals surface area contributed by atoms with Crippen LogP contribution in [-0.2, 0) is 13.2 Å². The number of fused-ring (bicyclic) bond motifs is 1. The van der Waals surface area contributed by atoms with Gasteiger partial charge in [-0.15, -0.1) is 0 Å². The van der Waals surface area contributed by atoms with E-state index >= 15 is 0 Å². The monoisotopic (exact) mass is 522 g/mol. The summed E-state index contributed by atoms with van der Waals surface area (Å²) in [7, 11) is 1.69. The van der Waals surface area contributed by atoms with Gasteiger partial charge < -0.3 is 9.30 Å². The Hall–Kier alpha value is -3.91. The predicted octanol–water partition coefficient (Wildman–Crippen LogP) is 5.88. The van der Waals surface area contributed by atoms with E-state index in [2.05, 4.69) is 9.98 Å². The number of aryl methyl sites for hydroxylation is 2. The number of aliphatic imine (C=N–C) groups is 1. The number of ether oxygens (including phenoxy) is 1. The van der Waals surface area contributed by atoms with Gasteiger partial charge in [0.1, 0.15) is 23.7 Å². The summed E-state index contributed by atoms with van der Waals surface area (Å²) in [4.78, 5) is 25.6. The molecule has 0 saturated heterocycles. The SMILES string of the molecule is C/C=C(Cl)\C(=N/C)c1cc(C)nc2c(OCc3c(C)ccnc3Cn3cc(F)cc(F)c3=O)cccc12. The van der Waals surface area contributed by atoms with Gasteiger partial charge >= 0.3 is 0 Å². The number of pyridine rings is 3. The first-order chi connectivity index (χ1) is 17.7. The lowest BCUT2D eigenvalue weighted by molar-refractivity contribution is 0.306. The largest absolute Gasteiger partial charge is 0.487 e. The third kappa shape index (κ3) is 5.44. The van der Waals surface area contributed by atoms with E-state index in [-0.39, 0.29) is 13.2 Å². The molecule has 1 aromatic carbocycles. The molecule has 3 heterocycles. The van der Waals surface area contributed by atoms with E-state index in [0.29, 0.717) is 39.3 Å². The van der Waals surface area contributed by atoms with E-state index < -0.39 is 17.2 Å². The Labute approximate surface area is 217 Å². The van der Waals surface area contributed by atoms with Gasteiger partial charge in [0, 0.05) is 47.7 Å². The van der Waals surface area contributed by atoms with Crippen LogP contribution < -0.4 is 10.3 Å². The van der Waals surface area contributed by atoms with Crippen molar-refractivity contribution in [3.8, 4) is 5.75 Å². The van der Waals surface area contributed by atoms with Crippen LogP contribution >= 0.6 is 11.6 Å². The maximum absolute atomic E-state index is 13.8. The molecule has 4 aromatic rings. The topological polar surface area (TPSA) is 69.4 Å². The summed E-state index contributed by atoms with van der Waals surface area (Å²) in [6.07, 6.45) is 4.33. The van der Waals surface area contributed by atoms with E-state index in [1.54, 1.807) is 19.3 Å². The Morgan fingerprint density at radius 3 is 2.73 bits per heavy atom. The van der Waals surface area contributed by atoms with Gasteiger partial charge in [-0.05, 0) is 44.5 Å². The summed E-state index contributed by atoms with van der Waals surface area (Å²) in [5.41, 5.74) is 4.01. The van der Waals surface area contributed by atoms with Crippen LogP contribution in [0.5, 0.6) is 5.75 Å². The van der Waals surface area contributed by atoms with Gasteiger partial charge in [0.25, 0.3) is 5.56 Å². The fraction of sp³-hybridized carbons (Fsp3) is 0.214. The molecule has 0 unspecified atom stereocenters. The Balaban J connectivity index is 1.73. The summed E-state index contributed by atoms with van der Waals surface area (Å²) in [6.45, 7) is 5.61. The molecule has 4 rings (SSSR count). The minimum atomic E-state index is -1.16. The molecule has 3 aromatic heterocycles. The van der Waals surface area contributed by atoms with E-state index in [4.69, 9.17) is 21.3 Å². The van der Waals surface area contributed by atoms with Crippen LogP contribution in [-0.4, -0.2) is 27.3 Å². The molecule has 37 heavy (non-hydrogen) atoms. The van der Waals surface area contributed by atoms with Crippen molar-refractivity contribution in [1.82, 2.24) is 14.5 Å². The first-order valence-corrected chi connectivity index (χ1v) is 11.9. The number of nitrogens with zero attached hydrogens (tertiary/aromatic N) is 4. The van der Waals surface area contributed by atoms with Gasteiger partial charge in [-0.1, -0.05) is 29.8 Å². The van der Waals surface area contributed by atoms with Gasteiger partial charge in [-0.2, -0.15) is 0 Å². The van der Waals surface area contributed by atoms with Crippen LogP contribution in [0, 0.1) is 25.5 Å². The number of rotatable bonds is 7. The third-order valence-corrected chi connectivity index (χ3v) is 6.37. The van der Waals surface area contributed by atoms with Gasteiger partial charge in [-0.3, -0.25) is 14.8 Å². The molecule has 0 N–H and O–H groups in total. The number of hydrogen-bond acceptors (Lipinski definition) is 5. The van der Waals surface area contributed by atoms with E-state index in [0.717, 1.165) is 33.0 Å². The number of hydrogen-bond donors (Lipinski definition) is 0. The smallest absolute Gasteiger partial charge is 0.287 e. The van der Waals surface area contributed by atoms with Crippen molar-refractivity contribution in [3.05, 3.63) is 110 Å². The molecule has 0 aliphatic heterocycles. The normalized spacial score (nSPS) is 12.3. The predicted molar refractivity (Wildman–Crippen MR) is 142 cm³/mol. The maximum atomic E-state index is 13.8. The van der Waals surface area contributed by atoms with Crippen molar-refractivity contribution in [2.24, 2.45) is 4.99 Å². The number of benzene rings is 1. The van der Waals surface area contributed by atoms with Gasteiger partial charge in [0.05, 0.1) is 23.0 Å². The molecule has 0 amide bonds. The van der Waals surface area contributed by atoms with Crippen LogP contribution in [0.4, 0.5) is 8.78 Å². The van der Waals surface area contributed by atoms with Crippen LogP contribution in [0.2, 0.25) is 0 Å². The Bertz CT molecular complexity index is 1610. The van der Waals surface area contributed by atoms with Gasteiger partial charge in [0.2, 0.25) is 0 Å². The zero-order valence-corrected chi connectivity index (χ0v) is 21.6. The second-order valence-electron chi connectivity index (χ2n) is 8.45. The quantitative estimate of drug-likeness (QED) is 0.284. The highest BCUT2D eigenvalue weighted by Crippen LogP contribution is 2.30. The molecule has 0 bridgehead atoms. The molecule has 0 fully saturated rings. The average Bonchev–Trinajstić information content (AvgIpc) is 2.87. The lowest BCUT2D eigenvalue weighted by atomic mass is 10.0. The summed E-state index contributed by atoms with van der Waals surface area (Å²) in [5.74, 6) is -1.47. The van der Waals surface area contributed by atoms with Crippen molar-refractivity contribution in [1.29, 1.82) is 0 Å². The molecular formula is C28H25ClF2N4O2. The Kier molecular flexibility index (Phi) is 7.78. The first kappa shape index (κ1) is 26.2. The fourth-order valence-corrected chi connectivity index (χ4v) is 4.31. The van der Waals surface area contributed by atoms with Gasteiger partial charge in [0.15, 0.2) is 5.82 Å². The van der Waals surface area contributed by atoms with Crippen molar-refractivity contribution in [2.45, 2.75) is 33.9 Å². The molecule has 6 nitrogen and oxygen atoms in total. The molecular weight excluding hydrogens is 498 g/mol. The first-order valence-electron chi connectivity index (χ1n) is 11.5. The summed E-state index contributed by atoms with van der Waals surface area (Å²) >= 11 is 6.43. The molecule has 0 radical (unpaired) electrons. The zero-order chi connectivity index (χ0) is 26.7. The van der Waals surface area contributed by atoms with Crippen LogP contribution in [0.25, 0.3) is 10.9 Å². The molecule has 0 atom stereocenters. The summed E-state index contributed by atoms with van der Waals surface area (Å²) in [6, 6.07) is 9.91. The lowest BCUT2D eigenvalue weighted by Crippen LogP contribution is -2.25. The summed E-state index contributed by atoms with van der Waals surface area (Å²) in [5, 5.41) is 1.36. The Morgan fingerprint density at radius 1 is 1.22 bits per heavy atom. The van der Waals surface area contributed by atoms with Gasteiger partial charge in [-0.25, -0.2) is 13.8 Å². The lowest BCUT2D eigenvalue weighted by Gasteiger charge is -2.16. The van der Waals surface area contributed by atoms with Crippen LogP contribution in [0.1, 0.15) is 35.0 Å².